The smallest absolute Gasteiger partial charge is 0.251 e. The summed E-state index contributed by atoms with van der Waals surface area (Å²) < 4.78 is 10.4. The third kappa shape index (κ3) is 4.43. The first kappa shape index (κ1) is 15.8. The van der Waals surface area contributed by atoms with Crippen molar-refractivity contribution in [3.63, 3.8) is 0 Å². The normalized spacial score (nSPS) is 9.75. The Bertz CT molecular complexity index is 476. The lowest BCUT2D eigenvalue weighted by Crippen LogP contribution is -2.35. The van der Waals surface area contributed by atoms with Gasteiger partial charge in [0.2, 0.25) is 5.91 Å². The number of amides is 2. The van der Waals surface area contributed by atoms with Crippen molar-refractivity contribution in [2.24, 2.45) is 0 Å². The van der Waals surface area contributed by atoms with E-state index in [-0.39, 0.29) is 31.6 Å². The Balaban J connectivity index is 2.75. The van der Waals surface area contributed by atoms with Crippen molar-refractivity contribution >= 4 is 11.8 Å². The maximum atomic E-state index is 11.8. The Morgan fingerprint density at radius 1 is 1.30 bits per heavy atom. The Kier molecular flexibility index (Phi) is 6.31. The van der Waals surface area contributed by atoms with E-state index in [9.17, 15) is 9.59 Å². The number of nitrogens with one attached hydrogen (secondary N) is 2. The molecule has 1 aromatic rings. The molecule has 110 valence electrons. The molecule has 0 aliphatic heterocycles. The SMILES string of the molecule is CNC(=O)CNC(=O)c1ccc(OCCO)c(OC)c1. The van der Waals surface area contributed by atoms with Crippen LogP contribution in [0.25, 0.3) is 0 Å². The summed E-state index contributed by atoms with van der Waals surface area (Å²) in [6.45, 7) is -0.0729. The molecule has 1 rings (SSSR count). The van der Waals surface area contributed by atoms with Crippen molar-refractivity contribution in [3.05, 3.63) is 23.8 Å². The molecule has 0 aliphatic carbocycles. The highest BCUT2D eigenvalue weighted by atomic mass is 16.5. The predicted octanol–water partition coefficient (Wildman–Crippen LogP) is -0.458. The van der Waals surface area contributed by atoms with Crippen molar-refractivity contribution in [2.45, 2.75) is 0 Å². The van der Waals surface area contributed by atoms with Gasteiger partial charge in [-0.25, -0.2) is 0 Å². The Hall–Kier alpha value is -2.28. The minimum atomic E-state index is -0.388. The zero-order chi connectivity index (χ0) is 15.0. The standard InChI is InChI=1S/C13H18N2O5/c1-14-12(17)8-15-13(18)9-3-4-10(20-6-5-16)11(7-9)19-2/h3-4,7,16H,5-6,8H2,1-2H3,(H,14,17)(H,15,18). The highest BCUT2D eigenvalue weighted by molar-refractivity contribution is 5.97. The van der Waals surface area contributed by atoms with Crippen molar-refractivity contribution in [1.29, 1.82) is 0 Å². The molecule has 0 saturated carbocycles. The number of aliphatic hydroxyl groups is 1. The first-order valence-corrected chi connectivity index (χ1v) is 6.02. The van der Waals surface area contributed by atoms with Gasteiger partial charge < -0.3 is 25.2 Å². The van der Waals surface area contributed by atoms with E-state index in [1.54, 1.807) is 12.1 Å². The average molecular weight is 282 g/mol. The molecule has 0 radical (unpaired) electrons. The number of rotatable bonds is 7. The van der Waals surface area contributed by atoms with Gasteiger partial charge in [-0.1, -0.05) is 0 Å². The first-order chi connectivity index (χ1) is 9.62. The molecular formula is C13H18N2O5. The molecule has 1 aromatic carbocycles. The van der Waals surface area contributed by atoms with E-state index < -0.39 is 0 Å². The van der Waals surface area contributed by atoms with E-state index in [2.05, 4.69) is 10.6 Å². The van der Waals surface area contributed by atoms with E-state index in [0.29, 0.717) is 17.1 Å². The number of ether oxygens (including phenoxy) is 2. The van der Waals surface area contributed by atoms with Crippen LogP contribution in [0.3, 0.4) is 0 Å². The minimum absolute atomic E-state index is 0.0968. The van der Waals surface area contributed by atoms with E-state index >= 15 is 0 Å². The monoisotopic (exact) mass is 282 g/mol. The molecule has 7 nitrogen and oxygen atoms in total. The van der Waals surface area contributed by atoms with Crippen LogP contribution in [-0.2, 0) is 4.79 Å². The minimum Gasteiger partial charge on any atom is -0.493 e. The Labute approximate surface area is 116 Å². The maximum Gasteiger partial charge on any atom is 0.251 e. The Morgan fingerprint density at radius 3 is 2.65 bits per heavy atom. The number of likely N-dealkylation sites (N-methyl/N-ethyl adjacent to an activating group) is 1. The fraction of sp³-hybridized carbons (Fsp3) is 0.385. The molecule has 7 heteroatoms. The lowest BCUT2D eigenvalue weighted by molar-refractivity contribution is -0.119. The summed E-state index contributed by atoms with van der Waals surface area (Å²) in [6.07, 6.45) is 0. The average Bonchev–Trinajstić information content (AvgIpc) is 2.49. The van der Waals surface area contributed by atoms with Gasteiger partial charge in [0.05, 0.1) is 20.3 Å². The molecule has 0 heterocycles. The van der Waals surface area contributed by atoms with Gasteiger partial charge in [0.15, 0.2) is 11.5 Å². The van der Waals surface area contributed by atoms with Crippen molar-refractivity contribution < 1.29 is 24.2 Å². The number of benzene rings is 1. The molecule has 0 bridgehead atoms. The van der Waals surface area contributed by atoms with Crippen molar-refractivity contribution in [1.82, 2.24) is 10.6 Å². The van der Waals surface area contributed by atoms with Crippen LogP contribution in [0.4, 0.5) is 0 Å². The number of aliphatic hydroxyl groups excluding tert-OH is 1. The number of carbonyl (C=O) groups is 2. The number of hydrogen-bond acceptors (Lipinski definition) is 5. The molecule has 0 unspecified atom stereocenters. The molecule has 0 aromatic heterocycles. The van der Waals surface area contributed by atoms with Crippen LogP contribution in [0.1, 0.15) is 10.4 Å². The van der Waals surface area contributed by atoms with Gasteiger partial charge in [0, 0.05) is 12.6 Å². The fourth-order valence-corrected chi connectivity index (χ4v) is 1.43. The van der Waals surface area contributed by atoms with Gasteiger partial charge in [-0.15, -0.1) is 0 Å². The fourth-order valence-electron chi connectivity index (χ4n) is 1.43. The zero-order valence-electron chi connectivity index (χ0n) is 11.4. The number of methoxy groups -OCH3 is 1. The molecular weight excluding hydrogens is 264 g/mol. The van der Waals surface area contributed by atoms with Crippen LogP contribution in [0, 0.1) is 0 Å². The van der Waals surface area contributed by atoms with Gasteiger partial charge in [-0.2, -0.15) is 0 Å². The second-order valence-corrected chi connectivity index (χ2v) is 3.79. The largest absolute Gasteiger partial charge is 0.493 e. The molecule has 20 heavy (non-hydrogen) atoms. The summed E-state index contributed by atoms with van der Waals surface area (Å²) in [7, 11) is 2.94. The molecule has 2 amide bonds. The van der Waals surface area contributed by atoms with Gasteiger partial charge in [0.1, 0.15) is 6.61 Å². The summed E-state index contributed by atoms with van der Waals surface area (Å²) in [5.41, 5.74) is 0.349. The van der Waals surface area contributed by atoms with Gasteiger partial charge in [-0.05, 0) is 18.2 Å². The van der Waals surface area contributed by atoms with Crippen LogP contribution in [-0.4, -0.2) is 50.8 Å². The first-order valence-electron chi connectivity index (χ1n) is 6.02. The maximum absolute atomic E-state index is 11.8. The van der Waals surface area contributed by atoms with E-state index in [1.807, 2.05) is 0 Å². The topological polar surface area (TPSA) is 96.9 Å². The summed E-state index contributed by atoms with van der Waals surface area (Å²) in [5.74, 6) is 0.143. The van der Waals surface area contributed by atoms with Gasteiger partial charge in [0.25, 0.3) is 5.91 Å². The van der Waals surface area contributed by atoms with E-state index in [0.717, 1.165) is 0 Å². The van der Waals surface area contributed by atoms with Crippen LogP contribution in [0.2, 0.25) is 0 Å². The number of hydrogen-bond donors (Lipinski definition) is 3. The summed E-state index contributed by atoms with van der Waals surface area (Å²) in [6, 6.07) is 4.63. The Morgan fingerprint density at radius 2 is 2.05 bits per heavy atom. The molecule has 0 spiro atoms. The molecule has 3 N–H and O–H groups in total. The molecule has 0 aliphatic rings. The van der Waals surface area contributed by atoms with Crippen LogP contribution >= 0.6 is 0 Å². The highest BCUT2D eigenvalue weighted by Gasteiger charge is 2.11. The summed E-state index contributed by atoms with van der Waals surface area (Å²) in [4.78, 5) is 22.9. The van der Waals surface area contributed by atoms with Crippen LogP contribution in [0.15, 0.2) is 18.2 Å². The lowest BCUT2D eigenvalue weighted by Gasteiger charge is -2.11. The number of carbonyl (C=O) groups excluding carboxylic acids is 2. The third-order valence-electron chi connectivity index (χ3n) is 2.46. The second-order valence-electron chi connectivity index (χ2n) is 3.79. The summed E-state index contributed by atoms with van der Waals surface area (Å²) >= 11 is 0. The van der Waals surface area contributed by atoms with Crippen LogP contribution in [0.5, 0.6) is 11.5 Å². The zero-order valence-corrected chi connectivity index (χ0v) is 11.4. The molecule has 0 atom stereocenters. The van der Waals surface area contributed by atoms with Gasteiger partial charge in [-0.3, -0.25) is 9.59 Å². The van der Waals surface area contributed by atoms with E-state index in [4.69, 9.17) is 14.6 Å². The van der Waals surface area contributed by atoms with E-state index in [1.165, 1.54) is 20.2 Å². The van der Waals surface area contributed by atoms with Crippen LogP contribution < -0.4 is 20.1 Å². The summed E-state index contributed by atoms with van der Waals surface area (Å²) in [5, 5.41) is 13.6. The lowest BCUT2D eigenvalue weighted by atomic mass is 10.2. The predicted molar refractivity (Wildman–Crippen MR) is 72.0 cm³/mol. The van der Waals surface area contributed by atoms with Gasteiger partial charge >= 0.3 is 0 Å². The van der Waals surface area contributed by atoms with Crippen molar-refractivity contribution in [3.8, 4) is 11.5 Å². The second kappa shape index (κ2) is 8.00. The quantitative estimate of drug-likeness (QED) is 0.629. The highest BCUT2D eigenvalue weighted by Crippen LogP contribution is 2.27. The molecule has 0 saturated heterocycles. The molecule has 0 fully saturated rings. The van der Waals surface area contributed by atoms with Crippen molar-refractivity contribution in [2.75, 3.05) is 33.9 Å². The third-order valence-corrected chi connectivity index (χ3v) is 2.46.